The van der Waals surface area contributed by atoms with Gasteiger partial charge in [0.05, 0.1) is 12.3 Å². The summed E-state index contributed by atoms with van der Waals surface area (Å²) in [7, 11) is 0. The minimum Gasteiger partial charge on any atom is -0.392 e. The van der Waals surface area contributed by atoms with Gasteiger partial charge < -0.3 is 10.8 Å². The van der Waals surface area contributed by atoms with Crippen molar-refractivity contribution in [3.05, 3.63) is 47.8 Å². The highest BCUT2D eigenvalue weighted by Gasteiger charge is 2.13. The third kappa shape index (κ3) is 1.80. The zero-order valence-corrected chi connectivity index (χ0v) is 8.50. The van der Waals surface area contributed by atoms with Crippen molar-refractivity contribution in [3.8, 4) is 5.69 Å². The van der Waals surface area contributed by atoms with E-state index in [1.165, 1.54) is 4.68 Å². The second-order valence-electron chi connectivity index (χ2n) is 3.31. The average Bonchev–Trinajstić information content (AvgIpc) is 2.74. The van der Waals surface area contributed by atoms with E-state index < -0.39 is 5.91 Å². The van der Waals surface area contributed by atoms with E-state index in [1.807, 2.05) is 30.3 Å². The molecular formula is C11H11N3O2. The number of carbonyl (C=O) groups is 1. The van der Waals surface area contributed by atoms with Crippen LogP contribution in [-0.4, -0.2) is 20.8 Å². The van der Waals surface area contributed by atoms with Gasteiger partial charge in [0.1, 0.15) is 0 Å². The number of para-hydroxylation sites is 1. The highest BCUT2D eigenvalue weighted by Crippen LogP contribution is 2.11. The first kappa shape index (κ1) is 10.4. The molecule has 0 spiro atoms. The Hall–Kier alpha value is -2.14. The summed E-state index contributed by atoms with van der Waals surface area (Å²) in [5.74, 6) is -0.640. The summed E-state index contributed by atoms with van der Waals surface area (Å²) in [6.07, 6.45) is 1.59. The molecule has 82 valence electrons. The number of hydrogen-bond acceptors (Lipinski definition) is 3. The molecule has 1 aromatic heterocycles. The SMILES string of the molecule is NC(=O)c1nn(-c2ccccc2)cc1CO. The van der Waals surface area contributed by atoms with Gasteiger partial charge in [-0.3, -0.25) is 4.79 Å². The topological polar surface area (TPSA) is 81.1 Å². The molecule has 2 rings (SSSR count). The van der Waals surface area contributed by atoms with Crippen LogP contribution in [0.5, 0.6) is 0 Å². The summed E-state index contributed by atoms with van der Waals surface area (Å²) < 4.78 is 1.52. The monoisotopic (exact) mass is 217 g/mol. The lowest BCUT2D eigenvalue weighted by Gasteiger charge is -1.98. The first-order valence-corrected chi connectivity index (χ1v) is 4.77. The molecule has 0 bridgehead atoms. The van der Waals surface area contributed by atoms with Crippen molar-refractivity contribution >= 4 is 5.91 Å². The van der Waals surface area contributed by atoms with Gasteiger partial charge in [0, 0.05) is 11.8 Å². The fourth-order valence-electron chi connectivity index (χ4n) is 1.45. The van der Waals surface area contributed by atoms with Crippen molar-refractivity contribution in [1.82, 2.24) is 9.78 Å². The molecule has 2 aromatic rings. The quantitative estimate of drug-likeness (QED) is 0.783. The number of rotatable bonds is 3. The molecule has 1 aromatic carbocycles. The number of carbonyl (C=O) groups excluding carboxylic acids is 1. The maximum absolute atomic E-state index is 11.1. The molecule has 0 saturated carbocycles. The molecule has 0 aliphatic heterocycles. The first-order valence-electron chi connectivity index (χ1n) is 4.77. The Kier molecular flexibility index (Phi) is 2.70. The predicted molar refractivity (Wildman–Crippen MR) is 58.0 cm³/mol. The van der Waals surface area contributed by atoms with Crippen LogP contribution < -0.4 is 5.73 Å². The molecule has 0 radical (unpaired) electrons. The van der Waals surface area contributed by atoms with E-state index in [4.69, 9.17) is 10.8 Å². The van der Waals surface area contributed by atoms with Crippen LogP contribution in [0.2, 0.25) is 0 Å². The number of hydrogen-bond donors (Lipinski definition) is 2. The van der Waals surface area contributed by atoms with Crippen molar-refractivity contribution < 1.29 is 9.90 Å². The Bertz CT molecular complexity index is 505. The minimum absolute atomic E-state index is 0.103. The third-order valence-corrected chi connectivity index (χ3v) is 2.21. The number of benzene rings is 1. The van der Waals surface area contributed by atoms with E-state index in [0.717, 1.165) is 5.69 Å². The maximum Gasteiger partial charge on any atom is 0.269 e. The van der Waals surface area contributed by atoms with Crippen LogP contribution in [0.1, 0.15) is 16.1 Å². The van der Waals surface area contributed by atoms with Gasteiger partial charge >= 0.3 is 0 Å². The lowest BCUT2D eigenvalue weighted by Crippen LogP contribution is -2.14. The van der Waals surface area contributed by atoms with Crippen molar-refractivity contribution in [2.24, 2.45) is 5.73 Å². The normalized spacial score (nSPS) is 10.3. The highest BCUT2D eigenvalue weighted by atomic mass is 16.3. The number of nitrogens with two attached hydrogens (primary N) is 1. The van der Waals surface area contributed by atoms with Crippen LogP contribution in [0.3, 0.4) is 0 Å². The molecule has 0 unspecified atom stereocenters. The highest BCUT2D eigenvalue weighted by molar-refractivity contribution is 5.92. The Morgan fingerprint density at radius 1 is 1.38 bits per heavy atom. The molecule has 1 heterocycles. The smallest absolute Gasteiger partial charge is 0.269 e. The fraction of sp³-hybridized carbons (Fsp3) is 0.0909. The molecule has 1 amide bonds. The predicted octanol–water partition coefficient (Wildman–Crippen LogP) is 0.463. The van der Waals surface area contributed by atoms with E-state index in [-0.39, 0.29) is 12.3 Å². The summed E-state index contributed by atoms with van der Waals surface area (Å²) in [6, 6.07) is 9.30. The molecule has 0 fully saturated rings. The molecule has 0 aliphatic carbocycles. The van der Waals surface area contributed by atoms with Gasteiger partial charge in [0.2, 0.25) is 0 Å². The zero-order valence-electron chi connectivity index (χ0n) is 8.50. The Morgan fingerprint density at radius 2 is 2.06 bits per heavy atom. The number of amides is 1. The van der Waals surface area contributed by atoms with Gasteiger partial charge in [-0.2, -0.15) is 5.10 Å². The molecular weight excluding hydrogens is 206 g/mol. The van der Waals surface area contributed by atoms with Crippen LogP contribution in [0.15, 0.2) is 36.5 Å². The van der Waals surface area contributed by atoms with E-state index in [2.05, 4.69) is 5.10 Å². The van der Waals surface area contributed by atoms with Crippen molar-refractivity contribution in [2.75, 3.05) is 0 Å². The van der Waals surface area contributed by atoms with Crippen molar-refractivity contribution in [3.63, 3.8) is 0 Å². The van der Waals surface area contributed by atoms with E-state index >= 15 is 0 Å². The van der Waals surface area contributed by atoms with E-state index in [1.54, 1.807) is 6.20 Å². The van der Waals surface area contributed by atoms with Crippen LogP contribution in [0.25, 0.3) is 5.69 Å². The zero-order chi connectivity index (χ0) is 11.5. The number of nitrogens with zero attached hydrogens (tertiary/aromatic N) is 2. The fourth-order valence-corrected chi connectivity index (χ4v) is 1.45. The van der Waals surface area contributed by atoms with Gasteiger partial charge in [-0.25, -0.2) is 4.68 Å². The second kappa shape index (κ2) is 4.16. The van der Waals surface area contributed by atoms with Gasteiger partial charge in [0.25, 0.3) is 5.91 Å². The number of aromatic nitrogens is 2. The summed E-state index contributed by atoms with van der Waals surface area (Å²) in [5.41, 5.74) is 6.50. The van der Waals surface area contributed by atoms with Gasteiger partial charge in [-0.1, -0.05) is 18.2 Å². The number of primary amides is 1. The van der Waals surface area contributed by atoms with E-state index in [0.29, 0.717) is 5.56 Å². The Balaban J connectivity index is 2.48. The van der Waals surface area contributed by atoms with Gasteiger partial charge in [-0.05, 0) is 12.1 Å². The van der Waals surface area contributed by atoms with Crippen LogP contribution in [0.4, 0.5) is 0 Å². The van der Waals surface area contributed by atoms with Crippen molar-refractivity contribution in [1.29, 1.82) is 0 Å². The van der Waals surface area contributed by atoms with Crippen LogP contribution >= 0.6 is 0 Å². The first-order chi connectivity index (χ1) is 7.72. The lowest BCUT2D eigenvalue weighted by molar-refractivity contribution is 0.0992. The molecule has 5 nitrogen and oxygen atoms in total. The average molecular weight is 217 g/mol. The Labute approximate surface area is 92.1 Å². The Morgan fingerprint density at radius 3 is 2.56 bits per heavy atom. The van der Waals surface area contributed by atoms with E-state index in [9.17, 15) is 4.79 Å². The molecule has 0 saturated heterocycles. The molecule has 0 aliphatic rings. The van der Waals surface area contributed by atoms with Gasteiger partial charge in [0.15, 0.2) is 5.69 Å². The standard InChI is InChI=1S/C11H11N3O2/c12-11(16)10-8(7-15)6-14(13-10)9-4-2-1-3-5-9/h1-6,15H,7H2,(H2,12,16). The molecule has 0 atom stereocenters. The number of aliphatic hydroxyl groups excluding tert-OH is 1. The molecule has 16 heavy (non-hydrogen) atoms. The second-order valence-corrected chi connectivity index (χ2v) is 3.31. The van der Waals surface area contributed by atoms with Crippen LogP contribution in [-0.2, 0) is 6.61 Å². The maximum atomic E-state index is 11.1. The number of aliphatic hydroxyl groups is 1. The largest absolute Gasteiger partial charge is 0.392 e. The molecule has 3 N–H and O–H groups in total. The molecule has 5 heteroatoms. The van der Waals surface area contributed by atoms with Crippen LogP contribution in [0, 0.1) is 0 Å². The summed E-state index contributed by atoms with van der Waals surface area (Å²) >= 11 is 0. The summed E-state index contributed by atoms with van der Waals surface area (Å²) in [5, 5.41) is 13.1. The third-order valence-electron chi connectivity index (χ3n) is 2.21. The summed E-state index contributed by atoms with van der Waals surface area (Å²) in [6.45, 7) is -0.259. The van der Waals surface area contributed by atoms with Gasteiger partial charge in [-0.15, -0.1) is 0 Å². The minimum atomic E-state index is -0.640. The lowest BCUT2D eigenvalue weighted by atomic mass is 10.2. The summed E-state index contributed by atoms with van der Waals surface area (Å²) in [4.78, 5) is 11.1. The van der Waals surface area contributed by atoms with Crippen molar-refractivity contribution in [2.45, 2.75) is 6.61 Å².